The Hall–Kier alpha value is -1.00. The Morgan fingerprint density at radius 1 is 1.43 bits per heavy atom. The van der Waals surface area contributed by atoms with Gasteiger partial charge in [0.15, 0.2) is 0 Å². The number of carbonyl (C=O) groups excluding carboxylic acids is 1. The van der Waals surface area contributed by atoms with E-state index in [0.29, 0.717) is 12.4 Å². The van der Waals surface area contributed by atoms with Gasteiger partial charge in [-0.25, -0.2) is 5.48 Å². The van der Waals surface area contributed by atoms with Crippen molar-refractivity contribution in [2.24, 2.45) is 0 Å². The SMILES string of the molecule is CCONC(=O)CSc1ccccc1. The molecule has 0 bridgehead atoms. The number of nitrogens with one attached hydrogen (secondary N) is 1. The molecule has 0 saturated heterocycles. The molecule has 0 aliphatic rings. The third-order valence-corrected chi connectivity index (χ3v) is 2.46. The van der Waals surface area contributed by atoms with Crippen molar-refractivity contribution in [2.45, 2.75) is 11.8 Å². The van der Waals surface area contributed by atoms with Gasteiger partial charge in [-0.1, -0.05) is 18.2 Å². The van der Waals surface area contributed by atoms with E-state index in [2.05, 4.69) is 5.48 Å². The molecule has 4 heteroatoms. The number of hydrogen-bond donors (Lipinski definition) is 1. The summed E-state index contributed by atoms with van der Waals surface area (Å²) in [7, 11) is 0. The lowest BCUT2D eigenvalue weighted by atomic mass is 10.4. The number of rotatable bonds is 5. The number of hydroxylamine groups is 1. The first-order chi connectivity index (χ1) is 6.83. The number of amides is 1. The molecule has 1 aromatic carbocycles. The molecule has 0 aliphatic heterocycles. The molecule has 0 saturated carbocycles. The van der Waals surface area contributed by atoms with E-state index in [1.54, 1.807) is 0 Å². The lowest BCUT2D eigenvalue weighted by Crippen LogP contribution is -2.25. The topological polar surface area (TPSA) is 38.3 Å². The number of hydrogen-bond acceptors (Lipinski definition) is 3. The molecule has 0 unspecified atom stereocenters. The van der Waals surface area contributed by atoms with Crippen LogP contribution in [0.25, 0.3) is 0 Å². The van der Waals surface area contributed by atoms with Crippen LogP contribution in [-0.2, 0) is 9.63 Å². The fourth-order valence-electron chi connectivity index (χ4n) is 0.848. The van der Waals surface area contributed by atoms with E-state index in [4.69, 9.17) is 4.84 Å². The third kappa shape index (κ3) is 4.30. The molecular weight excluding hydrogens is 198 g/mol. The second-order valence-electron chi connectivity index (χ2n) is 2.56. The highest BCUT2D eigenvalue weighted by atomic mass is 32.2. The minimum Gasteiger partial charge on any atom is -0.274 e. The van der Waals surface area contributed by atoms with Gasteiger partial charge in [-0.15, -0.1) is 11.8 Å². The van der Waals surface area contributed by atoms with Gasteiger partial charge in [-0.2, -0.15) is 0 Å². The number of benzene rings is 1. The second kappa shape index (κ2) is 6.45. The Morgan fingerprint density at radius 3 is 2.79 bits per heavy atom. The summed E-state index contributed by atoms with van der Waals surface area (Å²) in [6.45, 7) is 2.31. The lowest BCUT2D eigenvalue weighted by molar-refractivity contribution is -0.130. The molecule has 0 fully saturated rings. The van der Waals surface area contributed by atoms with Crippen LogP contribution in [0.1, 0.15) is 6.92 Å². The summed E-state index contributed by atoms with van der Waals surface area (Å²) in [5.41, 5.74) is 2.34. The van der Waals surface area contributed by atoms with E-state index < -0.39 is 0 Å². The molecule has 1 N–H and O–H groups in total. The summed E-state index contributed by atoms with van der Waals surface area (Å²) < 4.78 is 0. The maximum Gasteiger partial charge on any atom is 0.253 e. The normalized spacial score (nSPS) is 9.79. The molecule has 0 spiro atoms. The number of carbonyl (C=O) groups is 1. The first-order valence-corrected chi connectivity index (χ1v) is 5.40. The minimum absolute atomic E-state index is 0.110. The average Bonchev–Trinajstić information content (AvgIpc) is 2.25. The first kappa shape index (κ1) is 11.1. The Morgan fingerprint density at radius 2 is 2.14 bits per heavy atom. The summed E-state index contributed by atoms with van der Waals surface area (Å²) in [5, 5.41) is 0. The highest BCUT2D eigenvalue weighted by molar-refractivity contribution is 8.00. The van der Waals surface area contributed by atoms with Gasteiger partial charge in [0.05, 0.1) is 12.4 Å². The van der Waals surface area contributed by atoms with Gasteiger partial charge in [-0.05, 0) is 19.1 Å². The van der Waals surface area contributed by atoms with Gasteiger partial charge in [-0.3, -0.25) is 9.63 Å². The smallest absolute Gasteiger partial charge is 0.253 e. The Bertz CT molecular complexity index is 277. The number of thioether (sulfide) groups is 1. The third-order valence-electron chi connectivity index (χ3n) is 1.44. The average molecular weight is 211 g/mol. The van der Waals surface area contributed by atoms with E-state index in [1.165, 1.54) is 11.8 Å². The van der Waals surface area contributed by atoms with Crippen molar-refractivity contribution in [1.82, 2.24) is 5.48 Å². The van der Waals surface area contributed by atoms with Crippen LogP contribution in [0.3, 0.4) is 0 Å². The quantitative estimate of drug-likeness (QED) is 0.596. The standard InChI is InChI=1S/C10H13NO2S/c1-2-13-11-10(12)8-14-9-6-4-3-5-7-9/h3-7H,2,8H2,1H3,(H,11,12). The van der Waals surface area contributed by atoms with Crippen molar-refractivity contribution < 1.29 is 9.63 Å². The van der Waals surface area contributed by atoms with Crippen molar-refractivity contribution in [3.05, 3.63) is 30.3 Å². The molecule has 14 heavy (non-hydrogen) atoms. The Balaban J connectivity index is 2.24. The highest BCUT2D eigenvalue weighted by Crippen LogP contribution is 2.15. The fourth-order valence-corrected chi connectivity index (χ4v) is 1.55. The molecule has 0 atom stereocenters. The molecule has 0 aliphatic carbocycles. The molecule has 76 valence electrons. The highest BCUT2D eigenvalue weighted by Gasteiger charge is 2.01. The van der Waals surface area contributed by atoms with Gasteiger partial charge in [0.1, 0.15) is 0 Å². The van der Waals surface area contributed by atoms with Crippen molar-refractivity contribution in [1.29, 1.82) is 0 Å². The van der Waals surface area contributed by atoms with E-state index in [0.717, 1.165) is 4.90 Å². The summed E-state index contributed by atoms with van der Waals surface area (Å²) >= 11 is 1.49. The summed E-state index contributed by atoms with van der Waals surface area (Å²) in [6.07, 6.45) is 0. The van der Waals surface area contributed by atoms with Crippen LogP contribution in [0.15, 0.2) is 35.2 Å². The van der Waals surface area contributed by atoms with Crippen LogP contribution >= 0.6 is 11.8 Å². The van der Waals surface area contributed by atoms with Crippen LogP contribution in [0.5, 0.6) is 0 Å². The maximum absolute atomic E-state index is 11.1. The van der Waals surface area contributed by atoms with E-state index in [9.17, 15) is 4.79 Å². The first-order valence-electron chi connectivity index (χ1n) is 4.41. The Kier molecular flexibility index (Phi) is 5.11. The predicted octanol–water partition coefficient (Wildman–Crippen LogP) is 1.85. The molecule has 0 heterocycles. The van der Waals surface area contributed by atoms with Crippen molar-refractivity contribution in [3.63, 3.8) is 0 Å². The lowest BCUT2D eigenvalue weighted by Gasteiger charge is -2.03. The van der Waals surface area contributed by atoms with Gasteiger partial charge in [0.2, 0.25) is 0 Å². The van der Waals surface area contributed by atoms with Gasteiger partial charge in [0.25, 0.3) is 5.91 Å². The minimum atomic E-state index is -0.110. The van der Waals surface area contributed by atoms with Gasteiger partial charge < -0.3 is 0 Å². The van der Waals surface area contributed by atoms with Gasteiger partial charge in [0, 0.05) is 4.90 Å². The van der Waals surface area contributed by atoms with Crippen LogP contribution < -0.4 is 5.48 Å². The van der Waals surface area contributed by atoms with Crippen LogP contribution in [0.4, 0.5) is 0 Å². The zero-order chi connectivity index (χ0) is 10.2. The monoisotopic (exact) mass is 211 g/mol. The molecule has 0 aromatic heterocycles. The fraction of sp³-hybridized carbons (Fsp3) is 0.300. The van der Waals surface area contributed by atoms with E-state index in [-0.39, 0.29) is 5.91 Å². The van der Waals surface area contributed by atoms with Crippen molar-refractivity contribution in [2.75, 3.05) is 12.4 Å². The molecule has 1 rings (SSSR count). The molecule has 3 nitrogen and oxygen atoms in total. The largest absolute Gasteiger partial charge is 0.274 e. The summed E-state index contributed by atoms with van der Waals surface area (Å²) in [4.78, 5) is 17.0. The van der Waals surface area contributed by atoms with E-state index in [1.807, 2.05) is 37.3 Å². The van der Waals surface area contributed by atoms with Crippen LogP contribution in [0, 0.1) is 0 Å². The molecular formula is C10H13NO2S. The van der Waals surface area contributed by atoms with Crippen LogP contribution in [-0.4, -0.2) is 18.3 Å². The second-order valence-corrected chi connectivity index (χ2v) is 3.61. The molecule has 1 amide bonds. The Labute approximate surface area is 87.8 Å². The molecule has 1 aromatic rings. The van der Waals surface area contributed by atoms with Gasteiger partial charge >= 0.3 is 0 Å². The van der Waals surface area contributed by atoms with E-state index >= 15 is 0 Å². The van der Waals surface area contributed by atoms with Crippen molar-refractivity contribution >= 4 is 17.7 Å². The molecule has 0 radical (unpaired) electrons. The zero-order valence-electron chi connectivity index (χ0n) is 8.03. The maximum atomic E-state index is 11.1. The zero-order valence-corrected chi connectivity index (χ0v) is 8.84. The summed E-state index contributed by atoms with van der Waals surface area (Å²) in [5.74, 6) is 0.269. The predicted molar refractivity (Wildman–Crippen MR) is 56.9 cm³/mol. The summed E-state index contributed by atoms with van der Waals surface area (Å²) in [6, 6.07) is 9.78. The van der Waals surface area contributed by atoms with Crippen LogP contribution in [0.2, 0.25) is 0 Å². The van der Waals surface area contributed by atoms with Crippen molar-refractivity contribution in [3.8, 4) is 0 Å².